The van der Waals surface area contributed by atoms with E-state index in [1.807, 2.05) is 6.07 Å². The normalized spacial score (nSPS) is 25.1. The first-order valence-corrected chi connectivity index (χ1v) is 9.04. The Morgan fingerprint density at radius 2 is 2.05 bits per heavy atom. The van der Waals surface area contributed by atoms with E-state index in [9.17, 15) is 8.42 Å². The lowest BCUT2D eigenvalue weighted by molar-refractivity contribution is 0.219. The van der Waals surface area contributed by atoms with E-state index in [2.05, 4.69) is 24.4 Å². The van der Waals surface area contributed by atoms with E-state index in [1.165, 1.54) is 11.1 Å². The summed E-state index contributed by atoms with van der Waals surface area (Å²) in [6.07, 6.45) is 2.56. The maximum atomic E-state index is 11.4. The van der Waals surface area contributed by atoms with Crippen LogP contribution in [0.1, 0.15) is 24.0 Å². The number of hydrogen-bond acceptors (Lipinski definition) is 4. The summed E-state index contributed by atoms with van der Waals surface area (Å²) in [5.41, 5.74) is 2.54. The first kappa shape index (κ1) is 13.9. The van der Waals surface area contributed by atoms with Crippen LogP contribution in [0.2, 0.25) is 0 Å². The van der Waals surface area contributed by atoms with Gasteiger partial charge in [-0.15, -0.1) is 0 Å². The van der Waals surface area contributed by atoms with Gasteiger partial charge in [0.15, 0.2) is 0 Å². The lowest BCUT2D eigenvalue weighted by atomic mass is 10.1. The number of hydrogen-bond donors (Lipinski definition) is 1. The van der Waals surface area contributed by atoms with Gasteiger partial charge in [0.05, 0.1) is 11.5 Å². The highest BCUT2D eigenvalue weighted by atomic mass is 32.2. The molecule has 0 amide bonds. The number of aryl methyl sites for hydroxylation is 1. The van der Waals surface area contributed by atoms with E-state index in [1.54, 1.807) is 0 Å². The van der Waals surface area contributed by atoms with E-state index in [4.69, 9.17) is 4.74 Å². The summed E-state index contributed by atoms with van der Waals surface area (Å²) < 4.78 is 28.7. The summed E-state index contributed by atoms with van der Waals surface area (Å²) in [6.45, 7) is 2.88. The predicted molar refractivity (Wildman–Crippen MR) is 79.0 cm³/mol. The highest BCUT2D eigenvalue weighted by Crippen LogP contribution is 2.29. The zero-order valence-electron chi connectivity index (χ0n) is 11.8. The lowest BCUT2D eigenvalue weighted by Gasteiger charge is -2.24. The van der Waals surface area contributed by atoms with Crippen LogP contribution in [-0.2, 0) is 16.3 Å². The van der Waals surface area contributed by atoms with Crippen molar-refractivity contribution in [2.75, 3.05) is 18.1 Å². The molecule has 110 valence electrons. The molecule has 2 aliphatic rings. The second kappa shape index (κ2) is 5.37. The van der Waals surface area contributed by atoms with Gasteiger partial charge in [0.25, 0.3) is 0 Å². The van der Waals surface area contributed by atoms with Gasteiger partial charge in [-0.25, -0.2) is 8.42 Å². The minimum atomic E-state index is -2.77. The molecule has 0 aromatic heterocycles. The fourth-order valence-corrected chi connectivity index (χ4v) is 4.45. The van der Waals surface area contributed by atoms with Crippen molar-refractivity contribution >= 4 is 9.84 Å². The molecule has 0 radical (unpaired) electrons. The lowest BCUT2D eigenvalue weighted by Crippen LogP contribution is -2.42. The van der Waals surface area contributed by atoms with E-state index in [0.29, 0.717) is 17.5 Å². The van der Waals surface area contributed by atoms with Gasteiger partial charge in [-0.05, 0) is 31.4 Å². The fourth-order valence-electron chi connectivity index (χ4n) is 2.96. The molecule has 0 saturated carbocycles. The molecule has 4 nitrogen and oxygen atoms in total. The van der Waals surface area contributed by atoms with Crippen molar-refractivity contribution in [2.24, 2.45) is 0 Å². The number of nitrogens with one attached hydrogen (secondary N) is 1. The molecular formula is C15H21NO3S. The largest absolute Gasteiger partial charge is 0.488 e. The highest BCUT2D eigenvalue weighted by Gasteiger charge is 2.26. The smallest absolute Gasteiger partial charge is 0.150 e. The third-order valence-electron chi connectivity index (χ3n) is 4.15. The molecule has 1 aromatic carbocycles. The Hall–Kier alpha value is -1.07. The first-order chi connectivity index (χ1) is 9.52. The van der Waals surface area contributed by atoms with Crippen LogP contribution < -0.4 is 10.1 Å². The molecule has 1 fully saturated rings. The summed E-state index contributed by atoms with van der Waals surface area (Å²) in [6, 6.07) is 6.61. The fraction of sp³-hybridized carbons (Fsp3) is 0.600. The quantitative estimate of drug-likeness (QED) is 0.917. The average Bonchev–Trinajstić information content (AvgIpc) is 2.79. The first-order valence-electron chi connectivity index (χ1n) is 7.22. The van der Waals surface area contributed by atoms with Crippen molar-refractivity contribution in [2.45, 2.75) is 38.3 Å². The van der Waals surface area contributed by atoms with Gasteiger partial charge >= 0.3 is 0 Å². The zero-order valence-corrected chi connectivity index (χ0v) is 12.6. The molecule has 2 aliphatic heterocycles. The van der Waals surface area contributed by atoms with Crippen LogP contribution in [0.3, 0.4) is 0 Å². The monoisotopic (exact) mass is 295 g/mol. The molecule has 0 aliphatic carbocycles. The summed E-state index contributed by atoms with van der Waals surface area (Å²) in [4.78, 5) is 0. The summed E-state index contributed by atoms with van der Waals surface area (Å²) in [5.74, 6) is 1.62. The zero-order chi connectivity index (χ0) is 14.2. The van der Waals surface area contributed by atoms with Crippen molar-refractivity contribution in [1.29, 1.82) is 0 Å². The maximum Gasteiger partial charge on any atom is 0.150 e. The van der Waals surface area contributed by atoms with Crippen LogP contribution in [0.5, 0.6) is 5.75 Å². The van der Waals surface area contributed by atoms with Crippen LogP contribution in [-0.4, -0.2) is 38.6 Å². The third-order valence-corrected chi connectivity index (χ3v) is 5.86. The molecule has 1 aromatic rings. The number of rotatable bonds is 3. The molecular weight excluding hydrogens is 274 g/mol. The molecule has 0 spiro atoms. The number of ether oxygens (including phenoxy) is 1. The van der Waals surface area contributed by atoms with Gasteiger partial charge in [0.1, 0.15) is 21.7 Å². The van der Waals surface area contributed by atoms with Crippen molar-refractivity contribution in [3.8, 4) is 5.75 Å². The summed E-state index contributed by atoms with van der Waals surface area (Å²) >= 11 is 0. The van der Waals surface area contributed by atoms with E-state index < -0.39 is 9.84 Å². The van der Waals surface area contributed by atoms with E-state index in [-0.39, 0.29) is 6.10 Å². The topological polar surface area (TPSA) is 55.4 Å². The van der Waals surface area contributed by atoms with Crippen molar-refractivity contribution in [1.82, 2.24) is 5.32 Å². The predicted octanol–water partition coefficient (Wildman–Crippen LogP) is 1.47. The SMILES string of the molecule is Cc1ccc2c(c1)CC(CNC1CCS(=O)(=O)CC1)O2. The van der Waals surface area contributed by atoms with Gasteiger partial charge in [-0.1, -0.05) is 17.7 Å². The van der Waals surface area contributed by atoms with Crippen LogP contribution in [0.25, 0.3) is 0 Å². The molecule has 5 heteroatoms. The molecule has 0 bridgehead atoms. The second-order valence-electron chi connectivity index (χ2n) is 5.89. The van der Waals surface area contributed by atoms with Crippen molar-refractivity contribution in [3.63, 3.8) is 0 Å². The number of benzene rings is 1. The number of sulfone groups is 1. The second-order valence-corrected chi connectivity index (χ2v) is 8.19. The Labute approximate surface area is 120 Å². The Balaban J connectivity index is 1.49. The Morgan fingerprint density at radius 1 is 1.30 bits per heavy atom. The van der Waals surface area contributed by atoms with Gasteiger partial charge < -0.3 is 10.1 Å². The van der Waals surface area contributed by atoms with Crippen LogP contribution >= 0.6 is 0 Å². The van der Waals surface area contributed by atoms with E-state index in [0.717, 1.165) is 31.6 Å². The molecule has 1 atom stereocenters. The van der Waals surface area contributed by atoms with Gasteiger partial charge in [0.2, 0.25) is 0 Å². The van der Waals surface area contributed by atoms with Gasteiger partial charge in [0, 0.05) is 19.0 Å². The van der Waals surface area contributed by atoms with Crippen molar-refractivity contribution < 1.29 is 13.2 Å². The van der Waals surface area contributed by atoms with Crippen LogP contribution in [0, 0.1) is 6.92 Å². The Bertz CT molecular complexity index is 583. The summed E-state index contributed by atoms with van der Waals surface area (Å²) in [7, 11) is -2.77. The van der Waals surface area contributed by atoms with Gasteiger partial charge in [-0.2, -0.15) is 0 Å². The average molecular weight is 295 g/mol. The molecule has 1 unspecified atom stereocenters. The Morgan fingerprint density at radius 3 is 2.80 bits per heavy atom. The standard InChI is InChI=1S/C15H21NO3S/c1-11-2-3-15-12(8-11)9-14(19-15)10-16-13-4-6-20(17,18)7-5-13/h2-3,8,13-14,16H,4-7,9-10H2,1H3. The third kappa shape index (κ3) is 3.15. The molecule has 1 saturated heterocycles. The van der Waals surface area contributed by atoms with Gasteiger partial charge in [-0.3, -0.25) is 0 Å². The molecule has 1 N–H and O–H groups in total. The highest BCUT2D eigenvalue weighted by molar-refractivity contribution is 7.91. The minimum Gasteiger partial charge on any atom is -0.488 e. The molecule has 20 heavy (non-hydrogen) atoms. The molecule has 2 heterocycles. The van der Waals surface area contributed by atoms with E-state index >= 15 is 0 Å². The molecule has 3 rings (SSSR count). The number of fused-ring (bicyclic) bond motifs is 1. The minimum absolute atomic E-state index is 0.172. The van der Waals surface area contributed by atoms with Crippen molar-refractivity contribution in [3.05, 3.63) is 29.3 Å². The van der Waals surface area contributed by atoms with Crippen LogP contribution in [0.15, 0.2) is 18.2 Å². The van der Waals surface area contributed by atoms with Crippen LogP contribution in [0.4, 0.5) is 0 Å². The Kier molecular flexibility index (Phi) is 3.73. The maximum absolute atomic E-state index is 11.4. The summed E-state index contributed by atoms with van der Waals surface area (Å²) in [5, 5.41) is 3.46.